The summed E-state index contributed by atoms with van der Waals surface area (Å²) in [5, 5.41) is 11.0. The molecule has 2 N–H and O–H groups in total. The largest absolute Gasteiger partial charge is 0.358 e. The molecule has 0 spiro atoms. The number of hydrogen-bond acceptors (Lipinski definition) is 5. The van der Waals surface area contributed by atoms with Gasteiger partial charge in [0.1, 0.15) is 5.17 Å². The lowest BCUT2D eigenvalue weighted by Crippen LogP contribution is -2.34. The lowest BCUT2D eigenvalue weighted by atomic mass is 9.81. The Balaban J connectivity index is 1.60. The van der Waals surface area contributed by atoms with Crippen molar-refractivity contribution in [2.45, 2.75) is 30.9 Å². The molecule has 1 amide bonds. The van der Waals surface area contributed by atoms with E-state index in [2.05, 4.69) is 77.1 Å². The summed E-state index contributed by atoms with van der Waals surface area (Å²) in [6.07, 6.45) is 14.1. The lowest BCUT2D eigenvalue weighted by Gasteiger charge is -2.37. The van der Waals surface area contributed by atoms with Crippen molar-refractivity contribution in [3.05, 3.63) is 132 Å². The van der Waals surface area contributed by atoms with Crippen molar-refractivity contribution < 1.29 is 4.79 Å². The number of amides is 1. The summed E-state index contributed by atoms with van der Waals surface area (Å²) < 4.78 is -0.448. The maximum atomic E-state index is 13.5. The van der Waals surface area contributed by atoms with Crippen LogP contribution in [0.2, 0.25) is 0 Å². The summed E-state index contributed by atoms with van der Waals surface area (Å²) in [6.45, 7) is 2.29. The van der Waals surface area contributed by atoms with E-state index < -0.39 is 4.75 Å². The number of pyridine rings is 1. The van der Waals surface area contributed by atoms with Crippen molar-refractivity contribution >= 4 is 40.1 Å². The molecular formula is C32H33ClN4OS. The number of hydrogen-bond donors (Lipinski definition) is 2. The Bertz CT molecular complexity index is 1300. The van der Waals surface area contributed by atoms with E-state index in [1.165, 1.54) is 16.7 Å². The fourth-order valence-corrected chi connectivity index (χ4v) is 6.40. The molecule has 0 fully saturated rings. The number of nitrogens with zero attached hydrogens (tertiary/aromatic N) is 2. The fraction of sp³-hybridized carbons (Fsp3) is 0.219. The van der Waals surface area contributed by atoms with Gasteiger partial charge in [0.15, 0.2) is 0 Å². The Kier molecular flexibility index (Phi) is 10.2. The quantitative estimate of drug-likeness (QED) is 0.224. The first kappa shape index (κ1) is 28.4. The van der Waals surface area contributed by atoms with Crippen LogP contribution in [-0.4, -0.2) is 33.3 Å². The zero-order valence-electron chi connectivity index (χ0n) is 22.0. The van der Waals surface area contributed by atoms with Gasteiger partial charge in [-0.25, -0.2) is 0 Å². The van der Waals surface area contributed by atoms with E-state index in [0.29, 0.717) is 24.4 Å². The van der Waals surface area contributed by atoms with E-state index >= 15 is 0 Å². The van der Waals surface area contributed by atoms with Gasteiger partial charge in [-0.05, 0) is 48.6 Å². The normalized spacial score (nSPS) is 13.5. The predicted octanol–water partition coefficient (Wildman–Crippen LogP) is 7.74. The Morgan fingerprint density at radius 3 is 2.31 bits per heavy atom. The maximum absolute atomic E-state index is 13.5. The summed E-state index contributed by atoms with van der Waals surface area (Å²) in [7, 11) is 0. The van der Waals surface area contributed by atoms with Crippen LogP contribution in [0.1, 0.15) is 37.3 Å². The zero-order chi connectivity index (χ0) is 27.5. The van der Waals surface area contributed by atoms with Crippen LogP contribution in [0.5, 0.6) is 0 Å². The highest BCUT2D eigenvalue weighted by atomic mass is 35.5. The topological polar surface area (TPSA) is 69.1 Å². The summed E-state index contributed by atoms with van der Waals surface area (Å²) in [6, 6.07) is 24.7. The Hall–Kier alpha value is -3.61. The van der Waals surface area contributed by atoms with Crippen LogP contribution in [-0.2, 0) is 9.54 Å². The van der Waals surface area contributed by atoms with Crippen LogP contribution < -0.4 is 5.32 Å². The third kappa shape index (κ3) is 6.88. The van der Waals surface area contributed by atoms with Crippen molar-refractivity contribution in [1.29, 1.82) is 5.41 Å². The summed E-state index contributed by atoms with van der Waals surface area (Å²) >= 11 is 7.91. The van der Waals surface area contributed by atoms with E-state index in [0.717, 1.165) is 18.5 Å². The van der Waals surface area contributed by atoms with E-state index in [-0.39, 0.29) is 11.1 Å². The van der Waals surface area contributed by atoms with Crippen molar-refractivity contribution in [3.8, 4) is 0 Å². The monoisotopic (exact) mass is 556 g/mol. The highest BCUT2D eigenvalue weighted by molar-refractivity contribution is 8.00. The molecule has 2 aromatic carbocycles. The SMILES string of the molecule is CCN(C(=O)CCSC(C1=CCCC=C1)(c1ccccc1)c1ccccc1)/C(=C/Nc1cccnc1)C(=N)Cl. The number of allylic oxidation sites excluding steroid dienone is 4. The van der Waals surface area contributed by atoms with Gasteiger partial charge < -0.3 is 10.2 Å². The lowest BCUT2D eigenvalue weighted by molar-refractivity contribution is -0.128. The third-order valence-corrected chi connectivity index (χ3v) is 8.31. The summed E-state index contributed by atoms with van der Waals surface area (Å²) in [5.74, 6) is 0.501. The second kappa shape index (κ2) is 14.0. The molecule has 1 aliphatic rings. The highest BCUT2D eigenvalue weighted by Gasteiger charge is 2.38. The van der Waals surface area contributed by atoms with Gasteiger partial charge in [0, 0.05) is 31.1 Å². The minimum atomic E-state index is -0.448. The predicted molar refractivity (Wildman–Crippen MR) is 164 cm³/mol. The average Bonchev–Trinajstić information content (AvgIpc) is 2.99. The number of halogens is 1. The highest BCUT2D eigenvalue weighted by Crippen LogP contribution is 2.50. The number of carbonyl (C=O) groups is 1. The number of thioether (sulfide) groups is 1. The van der Waals surface area contributed by atoms with Gasteiger partial charge in [0.25, 0.3) is 0 Å². The van der Waals surface area contributed by atoms with E-state index in [1.807, 2.05) is 31.2 Å². The number of anilines is 1. The molecule has 1 aromatic heterocycles. The molecule has 39 heavy (non-hydrogen) atoms. The second-order valence-electron chi connectivity index (χ2n) is 9.02. The smallest absolute Gasteiger partial charge is 0.227 e. The third-order valence-electron chi connectivity index (χ3n) is 6.57. The Morgan fingerprint density at radius 1 is 1.08 bits per heavy atom. The van der Waals surface area contributed by atoms with Gasteiger partial charge in [-0.1, -0.05) is 90.5 Å². The van der Waals surface area contributed by atoms with Crippen molar-refractivity contribution in [1.82, 2.24) is 9.88 Å². The molecule has 0 aliphatic heterocycles. The standard InChI is InChI=1S/C32H33ClN4OS/c1-2-37(29(31(33)34)24-36-28-19-12-21-35-23-28)30(38)20-22-39-32(25-13-6-3-7-14-25,26-15-8-4-9-16-26)27-17-10-5-11-18-27/h3-4,6-10,12-19,21,23-24,34,36H,2,5,11,20,22H2,1H3/b29-24+,34-31?. The molecule has 1 heterocycles. The molecule has 0 unspecified atom stereocenters. The minimum absolute atomic E-state index is 0.0853. The van der Waals surface area contributed by atoms with Crippen molar-refractivity contribution in [3.63, 3.8) is 0 Å². The van der Waals surface area contributed by atoms with Gasteiger partial charge in [0.2, 0.25) is 5.91 Å². The number of nitrogens with one attached hydrogen (secondary N) is 2. The molecule has 5 nitrogen and oxygen atoms in total. The first-order valence-corrected chi connectivity index (χ1v) is 14.5. The van der Waals surface area contributed by atoms with Crippen molar-refractivity contribution in [2.24, 2.45) is 0 Å². The minimum Gasteiger partial charge on any atom is -0.358 e. The fourth-order valence-electron chi connectivity index (χ4n) is 4.74. The van der Waals surface area contributed by atoms with E-state index in [1.54, 1.807) is 35.3 Å². The molecular weight excluding hydrogens is 524 g/mol. The second-order valence-corrected chi connectivity index (χ2v) is 10.7. The molecule has 1 aliphatic carbocycles. The van der Waals surface area contributed by atoms with Crippen LogP contribution in [0, 0.1) is 5.41 Å². The van der Waals surface area contributed by atoms with Crippen LogP contribution in [0.3, 0.4) is 0 Å². The number of aromatic nitrogens is 1. The molecule has 0 saturated carbocycles. The van der Waals surface area contributed by atoms with Gasteiger partial charge in [-0.2, -0.15) is 0 Å². The van der Waals surface area contributed by atoms with Crippen LogP contribution in [0.15, 0.2) is 121 Å². The number of benzene rings is 2. The number of rotatable bonds is 12. The Labute approximate surface area is 240 Å². The van der Waals surface area contributed by atoms with Gasteiger partial charge in [0.05, 0.1) is 22.3 Å². The molecule has 200 valence electrons. The molecule has 4 rings (SSSR count). The maximum Gasteiger partial charge on any atom is 0.227 e. The van der Waals surface area contributed by atoms with E-state index in [9.17, 15) is 4.79 Å². The van der Waals surface area contributed by atoms with Crippen LogP contribution in [0.25, 0.3) is 0 Å². The van der Waals surface area contributed by atoms with Crippen LogP contribution in [0.4, 0.5) is 5.69 Å². The number of carbonyl (C=O) groups excluding carboxylic acids is 1. The Morgan fingerprint density at radius 2 is 1.77 bits per heavy atom. The molecule has 0 saturated heterocycles. The van der Waals surface area contributed by atoms with Crippen LogP contribution >= 0.6 is 23.4 Å². The molecule has 7 heteroatoms. The van der Waals surface area contributed by atoms with Gasteiger partial charge in [-0.3, -0.25) is 15.2 Å². The molecule has 0 radical (unpaired) electrons. The summed E-state index contributed by atoms with van der Waals surface area (Å²) in [4.78, 5) is 19.2. The molecule has 0 bridgehead atoms. The van der Waals surface area contributed by atoms with Gasteiger partial charge in [-0.15, -0.1) is 11.8 Å². The average molecular weight is 557 g/mol. The first-order valence-electron chi connectivity index (χ1n) is 13.1. The van der Waals surface area contributed by atoms with E-state index in [4.69, 9.17) is 17.0 Å². The van der Waals surface area contributed by atoms with Crippen molar-refractivity contribution in [2.75, 3.05) is 17.6 Å². The molecule has 3 aromatic rings. The molecule has 0 atom stereocenters. The zero-order valence-corrected chi connectivity index (χ0v) is 23.6. The first-order chi connectivity index (χ1) is 19.1. The van der Waals surface area contributed by atoms with Gasteiger partial charge >= 0.3 is 0 Å². The summed E-state index contributed by atoms with van der Waals surface area (Å²) in [5.41, 5.74) is 4.68.